The first-order valence-corrected chi connectivity index (χ1v) is 43.8. The Morgan fingerprint density at radius 2 is 0.524 bits per heavy atom. The molecule has 5 atom stereocenters. The molecule has 0 saturated heterocycles. The number of hydrogen-bond donors (Lipinski definition) is 4. The average Bonchev–Trinajstić information content (AvgIpc) is 0.912. The number of hydrogen-bond acceptors (Lipinski definition) is 14. The van der Waals surface area contributed by atoms with Crippen LogP contribution in [-0.4, -0.2) is 95.9 Å². The number of esters is 3. The van der Waals surface area contributed by atoms with Gasteiger partial charge in [0.25, 0.3) is 0 Å². The average molecular weight is 1490 g/mol. The van der Waals surface area contributed by atoms with Crippen LogP contribution in [0.5, 0.6) is 0 Å². The standard InChI is InChI=1S/C85H148O16P2/c1-4-7-10-13-16-19-22-24-26-28-30-32-34-36-37-38-39-40-41-43-45-46-48-50-52-54-57-59-62-65-68-71-83(88)95-74-80(86)75-97-102(91,92)98-76-81(87)77-99-103(93,94)100-79-82(101-85(90)73-70-67-64-61-56-21-18-15-12-9-6-3)78-96-84(89)72-69-66-63-60-58-55-53-51-49-47-44-42-35-33-31-29-27-25-23-20-17-14-11-8-5-2/h8,11,15-20,24-27,30-33,36-37,42,44,80-82,86-87H,4-7,9-10,12-14,21-23,28-29,34-35,38-41,43,45-79H2,1-3H3,(H,91,92)(H,93,94)/b11-8-,18-15-,19-16-,20-17-,26-24-,27-25-,32-30-,33-31-,37-36-,44-42-. The molecule has 0 heterocycles. The minimum Gasteiger partial charge on any atom is -0.463 e. The quantitative estimate of drug-likeness (QED) is 0.0146. The molecule has 5 unspecified atom stereocenters. The summed E-state index contributed by atoms with van der Waals surface area (Å²) in [5.74, 6) is -1.59. The van der Waals surface area contributed by atoms with Gasteiger partial charge in [-0.05, 0) is 128 Å². The number of phosphoric acid groups is 2. The second-order valence-corrected chi connectivity index (χ2v) is 30.1. The zero-order chi connectivity index (χ0) is 75.2. The Labute approximate surface area is 627 Å². The molecule has 0 bridgehead atoms. The van der Waals surface area contributed by atoms with Gasteiger partial charge in [0.05, 0.1) is 26.4 Å². The van der Waals surface area contributed by atoms with E-state index in [0.29, 0.717) is 19.3 Å². The molecule has 0 aliphatic carbocycles. The molecule has 0 amide bonds. The first-order valence-electron chi connectivity index (χ1n) is 40.8. The van der Waals surface area contributed by atoms with Gasteiger partial charge in [0.1, 0.15) is 25.4 Å². The largest absolute Gasteiger partial charge is 0.472 e. The van der Waals surface area contributed by atoms with E-state index < -0.39 is 91.5 Å². The number of carbonyl (C=O) groups excluding carboxylic acids is 3. The maximum Gasteiger partial charge on any atom is 0.472 e. The van der Waals surface area contributed by atoms with Crippen molar-refractivity contribution in [1.82, 2.24) is 0 Å². The number of phosphoric ester groups is 2. The summed E-state index contributed by atoms with van der Waals surface area (Å²) in [5, 5.41) is 20.6. The van der Waals surface area contributed by atoms with Crippen LogP contribution in [-0.2, 0) is 55.8 Å². The highest BCUT2D eigenvalue weighted by atomic mass is 31.2. The van der Waals surface area contributed by atoms with Gasteiger partial charge < -0.3 is 34.2 Å². The fraction of sp³-hybridized carbons (Fsp3) is 0.729. The van der Waals surface area contributed by atoms with Gasteiger partial charge in [-0.25, -0.2) is 9.13 Å². The second kappa shape index (κ2) is 77.6. The molecule has 0 rings (SSSR count). The molecule has 103 heavy (non-hydrogen) atoms. The molecular weight excluding hydrogens is 1340 g/mol. The van der Waals surface area contributed by atoms with Crippen LogP contribution in [0.2, 0.25) is 0 Å². The zero-order valence-electron chi connectivity index (χ0n) is 65.0. The molecule has 0 spiro atoms. The lowest BCUT2D eigenvalue weighted by Crippen LogP contribution is -2.30. The molecule has 0 aromatic heterocycles. The van der Waals surface area contributed by atoms with E-state index in [0.717, 1.165) is 141 Å². The van der Waals surface area contributed by atoms with Crippen molar-refractivity contribution in [2.45, 2.75) is 360 Å². The maximum atomic E-state index is 12.9. The van der Waals surface area contributed by atoms with Gasteiger partial charge in [0, 0.05) is 19.3 Å². The minimum atomic E-state index is -4.93. The third-order valence-electron chi connectivity index (χ3n) is 17.1. The third kappa shape index (κ3) is 78.8. The number of rotatable bonds is 77. The number of unbranched alkanes of at least 4 members (excludes halogenated alkanes) is 34. The predicted molar refractivity (Wildman–Crippen MR) is 427 cm³/mol. The van der Waals surface area contributed by atoms with Gasteiger partial charge in [0.15, 0.2) is 6.10 Å². The van der Waals surface area contributed by atoms with Crippen molar-refractivity contribution in [3.63, 3.8) is 0 Å². The van der Waals surface area contributed by atoms with E-state index in [4.69, 9.17) is 32.3 Å². The summed E-state index contributed by atoms with van der Waals surface area (Å²) in [6.45, 7) is 2.50. The molecular formula is C85H148O16P2. The van der Waals surface area contributed by atoms with E-state index in [1.807, 2.05) is 0 Å². The number of ether oxygens (including phenoxy) is 3. The Kier molecular flexibility index (Phi) is 74.5. The highest BCUT2D eigenvalue weighted by Crippen LogP contribution is 2.45. The molecule has 16 nitrogen and oxygen atoms in total. The minimum absolute atomic E-state index is 0.0915. The van der Waals surface area contributed by atoms with Gasteiger partial charge in [0.2, 0.25) is 0 Å². The molecule has 0 radical (unpaired) electrons. The summed E-state index contributed by atoms with van der Waals surface area (Å²) in [6, 6.07) is 0. The lowest BCUT2D eigenvalue weighted by molar-refractivity contribution is -0.161. The summed E-state index contributed by atoms with van der Waals surface area (Å²) in [4.78, 5) is 58.6. The summed E-state index contributed by atoms with van der Waals surface area (Å²) in [5.41, 5.74) is 0. The summed E-state index contributed by atoms with van der Waals surface area (Å²) >= 11 is 0. The van der Waals surface area contributed by atoms with E-state index in [1.165, 1.54) is 141 Å². The second-order valence-electron chi connectivity index (χ2n) is 27.2. The molecule has 0 aromatic rings. The van der Waals surface area contributed by atoms with Crippen LogP contribution in [0, 0.1) is 0 Å². The van der Waals surface area contributed by atoms with Gasteiger partial charge in [-0.1, -0.05) is 316 Å². The topological polar surface area (TPSA) is 231 Å². The SMILES string of the molecule is CC/C=C\C/C=C\C/C=C\C/C=C\C/C=C\CCCCCCCCCCCC(=O)OCC(COP(=O)(O)OCC(O)COP(=O)(O)OCC(O)COC(=O)CCCCCCCCCCCCCCCCC/C=C\C/C=C\C/C=C\C/C=C\CCCCC)OC(=O)CCCCCCC/C=C\CCCC. The Morgan fingerprint density at radius 1 is 0.282 bits per heavy atom. The highest BCUT2D eigenvalue weighted by molar-refractivity contribution is 7.47. The Bertz CT molecular complexity index is 2360. The van der Waals surface area contributed by atoms with Crippen LogP contribution in [0.1, 0.15) is 342 Å². The van der Waals surface area contributed by atoms with Crippen LogP contribution in [0.4, 0.5) is 0 Å². The van der Waals surface area contributed by atoms with Crippen molar-refractivity contribution in [3.8, 4) is 0 Å². The van der Waals surface area contributed by atoms with E-state index in [-0.39, 0.29) is 19.3 Å². The molecule has 0 fully saturated rings. The molecule has 594 valence electrons. The van der Waals surface area contributed by atoms with Crippen molar-refractivity contribution in [2.24, 2.45) is 0 Å². The van der Waals surface area contributed by atoms with Crippen LogP contribution in [0.3, 0.4) is 0 Å². The highest BCUT2D eigenvalue weighted by Gasteiger charge is 2.29. The van der Waals surface area contributed by atoms with E-state index >= 15 is 0 Å². The molecule has 4 N–H and O–H groups in total. The summed E-state index contributed by atoms with van der Waals surface area (Å²) < 4.78 is 61.1. The van der Waals surface area contributed by atoms with Gasteiger partial charge in [-0.3, -0.25) is 32.5 Å². The van der Waals surface area contributed by atoms with Crippen molar-refractivity contribution >= 4 is 33.6 Å². The Balaban J connectivity index is 4.41. The van der Waals surface area contributed by atoms with Gasteiger partial charge in [-0.2, -0.15) is 0 Å². The normalized spacial score (nSPS) is 14.6. The fourth-order valence-corrected chi connectivity index (χ4v) is 12.5. The maximum absolute atomic E-state index is 12.9. The number of aliphatic hydroxyl groups is 2. The smallest absolute Gasteiger partial charge is 0.463 e. The van der Waals surface area contributed by atoms with Crippen molar-refractivity contribution < 1.29 is 75.8 Å². The van der Waals surface area contributed by atoms with E-state index in [2.05, 4.69) is 142 Å². The third-order valence-corrected chi connectivity index (χ3v) is 19.0. The first-order chi connectivity index (χ1) is 50.2. The molecule has 0 aromatic carbocycles. The fourth-order valence-electron chi connectivity index (χ4n) is 10.9. The monoisotopic (exact) mass is 1490 g/mol. The lowest BCUT2D eigenvalue weighted by atomic mass is 10.0. The lowest BCUT2D eigenvalue weighted by Gasteiger charge is -2.21. The number of allylic oxidation sites excluding steroid dienone is 20. The molecule has 0 aliphatic rings. The van der Waals surface area contributed by atoms with Crippen molar-refractivity contribution in [2.75, 3.05) is 39.6 Å². The number of carbonyl (C=O) groups is 3. The molecule has 18 heteroatoms. The van der Waals surface area contributed by atoms with Crippen LogP contribution >= 0.6 is 15.6 Å². The van der Waals surface area contributed by atoms with Crippen molar-refractivity contribution in [1.29, 1.82) is 0 Å². The van der Waals surface area contributed by atoms with Crippen LogP contribution in [0.15, 0.2) is 122 Å². The van der Waals surface area contributed by atoms with E-state index in [9.17, 15) is 43.5 Å². The predicted octanol–water partition coefficient (Wildman–Crippen LogP) is 24.1. The molecule has 0 saturated carbocycles. The number of aliphatic hydroxyl groups excluding tert-OH is 2. The van der Waals surface area contributed by atoms with Gasteiger partial charge >= 0.3 is 33.6 Å². The Morgan fingerprint density at radius 3 is 0.854 bits per heavy atom. The zero-order valence-corrected chi connectivity index (χ0v) is 66.7. The van der Waals surface area contributed by atoms with Gasteiger partial charge in [-0.15, -0.1) is 0 Å². The van der Waals surface area contributed by atoms with Crippen LogP contribution < -0.4 is 0 Å². The first kappa shape index (κ1) is 98.9. The van der Waals surface area contributed by atoms with E-state index in [1.54, 1.807) is 0 Å². The van der Waals surface area contributed by atoms with Crippen LogP contribution in [0.25, 0.3) is 0 Å². The summed E-state index contributed by atoms with van der Waals surface area (Å²) in [6.07, 6.45) is 92.7. The Hall–Kier alpha value is -4.05. The van der Waals surface area contributed by atoms with Crippen molar-refractivity contribution in [3.05, 3.63) is 122 Å². The molecule has 0 aliphatic heterocycles. The summed E-state index contributed by atoms with van der Waals surface area (Å²) in [7, 11) is -9.79.